The van der Waals surface area contributed by atoms with Crippen LogP contribution in [0, 0.1) is 0 Å². The van der Waals surface area contributed by atoms with E-state index in [2.05, 4.69) is 60.8 Å². The summed E-state index contributed by atoms with van der Waals surface area (Å²) in [5.74, 6) is -0.0119. The summed E-state index contributed by atoms with van der Waals surface area (Å²) < 4.78 is 6.67. The summed E-state index contributed by atoms with van der Waals surface area (Å²) in [4.78, 5) is 12.5. The van der Waals surface area contributed by atoms with Crippen molar-refractivity contribution < 1.29 is 14.6 Å². The topological polar surface area (TPSA) is 58.6 Å². The number of unbranched alkanes of at least 4 members (excludes halogenated alkanes) is 11. The molecular formula is C40H55NO3. The third-order valence-corrected chi connectivity index (χ3v) is 8.23. The number of hydrogen-bond acceptors (Lipinski definition) is 3. The van der Waals surface area contributed by atoms with Gasteiger partial charge >= 0.3 is 0 Å². The van der Waals surface area contributed by atoms with Crippen LogP contribution in [0.2, 0.25) is 0 Å². The van der Waals surface area contributed by atoms with Gasteiger partial charge in [-0.15, -0.1) is 0 Å². The number of carbonyl (C=O) groups is 1. The van der Waals surface area contributed by atoms with E-state index in [9.17, 15) is 9.90 Å². The van der Waals surface area contributed by atoms with E-state index >= 15 is 0 Å². The number of aliphatic hydroxyl groups is 1. The van der Waals surface area contributed by atoms with E-state index < -0.39 is 11.7 Å². The number of amides is 1. The predicted octanol–water partition coefficient (Wildman–Crippen LogP) is 9.51. The second-order valence-corrected chi connectivity index (χ2v) is 11.9. The highest BCUT2D eigenvalue weighted by Gasteiger charge is 2.38. The van der Waals surface area contributed by atoms with E-state index in [0.29, 0.717) is 6.42 Å². The maximum Gasteiger partial charge on any atom is 0.220 e. The molecule has 0 aliphatic heterocycles. The number of hydrogen-bond donors (Lipinski definition) is 2. The molecule has 3 rings (SSSR count). The molecule has 0 spiro atoms. The maximum atomic E-state index is 12.5. The molecule has 0 aliphatic rings. The first-order valence-electron chi connectivity index (χ1n) is 17.1. The van der Waals surface area contributed by atoms with Crippen molar-refractivity contribution in [3.05, 3.63) is 120 Å². The molecule has 1 amide bonds. The number of benzene rings is 3. The number of aliphatic hydroxyl groups excluding tert-OH is 1. The first kappa shape index (κ1) is 35.3. The third-order valence-electron chi connectivity index (χ3n) is 8.23. The van der Waals surface area contributed by atoms with E-state index in [1.165, 1.54) is 57.8 Å². The zero-order chi connectivity index (χ0) is 31.1. The van der Waals surface area contributed by atoms with Gasteiger partial charge in [0.2, 0.25) is 5.91 Å². The fraction of sp³-hybridized carbons (Fsp3) is 0.475. The normalized spacial score (nSPS) is 12.4. The highest BCUT2D eigenvalue weighted by atomic mass is 16.5. The van der Waals surface area contributed by atoms with Crippen molar-refractivity contribution in [1.29, 1.82) is 0 Å². The monoisotopic (exact) mass is 597 g/mol. The summed E-state index contributed by atoms with van der Waals surface area (Å²) in [5.41, 5.74) is 2.06. The molecule has 4 heteroatoms. The fourth-order valence-electron chi connectivity index (χ4n) is 5.73. The second-order valence-electron chi connectivity index (χ2n) is 11.9. The van der Waals surface area contributed by atoms with E-state index in [-0.39, 0.29) is 19.1 Å². The minimum atomic E-state index is -0.890. The van der Waals surface area contributed by atoms with Crippen molar-refractivity contribution in [1.82, 2.24) is 5.32 Å². The Morgan fingerprint density at radius 3 is 1.59 bits per heavy atom. The number of ether oxygens (including phenoxy) is 1. The molecule has 238 valence electrons. The van der Waals surface area contributed by atoms with Crippen LogP contribution in [-0.2, 0) is 15.1 Å². The van der Waals surface area contributed by atoms with Crippen molar-refractivity contribution in [2.45, 2.75) is 109 Å². The molecule has 3 aromatic rings. The van der Waals surface area contributed by atoms with Crippen molar-refractivity contribution >= 4 is 5.91 Å². The average Bonchev–Trinajstić information content (AvgIpc) is 3.07. The van der Waals surface area contributed by atoms with Crippen molar-refractivity contribution in [3.63, 3.8) is 0 Å². The van der Waals surface area contributed by atoms with Gasteiger partial charge in [-0.2, -0.15) is 0 Å². The Morgan fingerprint density at radius 1 is 0.682 bits per heavy atom. The largest absolute Gasteiger partial charge is 0.389 e. The Morgan fingerprint density at radius 2 is 1.11 bits per heavy atom. The molecule has 0 radical (unpaired) electrons. The molecule has 0 heterocycles. The van der Waals surface area contributed by atoms with Gasteiger partial charge in [0.1, 0.15) is 5.60 Å². The molecule has 2 N–H and O–H groups in total. The van der Waals surface area contributed by atoms with Crippen LogP contribution in [0.3, 0.4) is 0 Å². The van der Waals surface area contributed by atoms with Crippen molar-refractivity contribution in [2.24, 2.45) is 0 Å². The number of carbonyl (C=O) groups excluding carboxylic acids is 1. The number of allylic oxidation sites excluding steroid dienone is 2. The molecule has 0 aromatic heterocycles. The molecule has 44 heavy (non-hydrogen) atoms. The van der Waals surface area contributed by atoms with Crippen LogP contribution in [-0.4, -0.2) is 30.3 Å². The molecule has 0 bridgehead atoms. The lowest BCUT2D eigenvalue weighted by atomic mass is 9.80. The van der Waals surface area contributed by atoms with Crippen LogP contribution in [0.15, 0.2) is 103 Å². The Bertz CT molecular complexity index is 1070. The summed E-state index contributed by atoms with van der Waals surface area (Å²) >= 11 is 0. The Labute approximate surface area is 267 Å². The first-order chi connectivity index (χ1) is 21.7. The zero-order valence-corrected chi connectivity index (χ0v) is 27.0. The Kier molecular flexibility index (Phi) is 17.2. The van der Waals surface area contributed by atoms with Crippen LogP contribution < -0.4 is 5.32 Å². The van der Waals surface area contributed by atoms with Gasteiger partial charge in [-0.25, -0.2) is 0 Å². The average molecular weight is 598 g/mol. The van der Waals surface area contributed by atoms with E-state index in [4.69, 9.17) is 4.74 Å². The summed E-state index contributed by atoms with van der Waals surface area (Å²) in [6.07, 6.45) is 20.4. The van der Waals surface area contributed by atoms with Gasteiger partial charge in [0.15, 0.2) is 0 Å². The van der Waals surface area contributed by atoms with Gasteiger partial charge in [-0.05, 0) is 48.8 Å². The quantitative estimate of drug-likeness (QED) is 0.0650. The van der Waals surface area contributed by atoms with Crippen molar-refractivity contribution in [3.8, 4) is 0 Å². The second kappa shape index (κ2) is 21.5. The lowest BCUT2D eigenvalue weighted by Gasteiger charge is -2.36. The van der Waals surface area contributed by atoms with E-state index in [1.807, 2.05) is 54.6 Å². The molecule has 0 unspecified atom stereocenters. The molecule has 0 saturated heterocycles. The Balaban J connectivity index is 1.36. The molecule has 3 aromatic carbocycles. The molecule has 1 atom stereocenters. The summed E-state index contributed by atoms with van der Waals surface area (Å²) in [6.45, 7) is 2.50. The van der Waals surface area contributed by atoms with Gasteiger partial charge < -0.3 is 15.2 Å². The minimum absolute atomic E-state index is 0.0119. The molecule has 0 fully saturated rings. The summed E-state index contributed by atoms with van der Waals surface area (Å²) in [6, 6.07) is 30.3. The predicted molar refractivity (Wildman–Crippen MR) is 184 cm³/mol. The van der Waals surface area contributed by atoms with Gasteiger partial charge in [0.25, 0.3) is 0 Å². The van der Waals surface area contributed by atoms with Crippen LogP contribution in [0.1, 0.15) is 114 Å². The highest BCUT2D eigenvalue weighted by Crippen LogP contribution is 2.40. The maximum absolute atomic E-state index is 12.5. The van der Waals surface area contributed by atoms with Gasteiger partial charge in [0.05, 0.1) is 12.7 Å². The fourth-order valence-corrected chi connectivity index (χ4v) is 5.73. The number of rotatable bonds is 23. The SMILES string of the molecule is CCCCCCCC/C=C/CCCCCCCC(=O)NC[C@H](O)COC(c1ccccc1)(c1ccccc1)c1ccccc1. The third kappa shape index (κ3) is 12.4. The van der Waals surface area contributed by atoms with Crippen LogP contribution >= 0.6 is 0 Å². The molecule has 0 aliphatic carbocycles. The smallest absolute Gasteiger partial charge is 0.220 e. The zero-order valence-electron chi connectivity index (χ0n) is 27.0. The lowest BCUT2D eigenvalue weighted by Crippen LogP contribution is -2.39. The van der Waals surface area contributed by atoms with Crippen molar-refractivity contribution in [2.75, 3.05) is 13.2 Å². The number of nitrogens with one attached hydrogen (secondary N) is 1. The van der Waals surface area contributed by atoms with Gasteiger partial charge in [-0.3, -0.25) is 4.79 Å². The molecular weight excluding hydrogens is 542 g/mol. The molecule has 0 saturated carbocycles. The molecule has 4 nitrogen and oxygen atoms in total. The standard InChI is InChI=1S/C40H55NO3/c1-2-3-4-5-6-7-8-9-10-11-12-13-14-15-25-32-39(43)41-33-38(42)34-44-40(35-26-19-16-20-27-35,36-28-21-17-22-29-36)37-30-23-18-24-31-37/h9-10,16-24,26-31,38,42H,2-8,11-15,25,32-34H2,1H3,(H,41,43)/b10-9+/t38-/m0/s1. The first-order valence-corrected chi connectivity index (χ1v) is 17.1. The Hall–Kier alpha value is -3.21. The highest BCUT2D eigenvalue weighted by molar-refractivity contribution is 5.75. The minimum Gasteiger partial charge on any atom is -0.389 e. The van der Waals surface area contributed by atoms with Gasteiger partial charge in [-0.1, -0.05) is 161 Å². The lowest BCUT2D eigenvalue weighted by molar-refractivity contribution is -0.122. The summed E-state index contributed by atoms with van der Waals surface area (Å²) in [7, 11) is 0. The van der Waals surface area contributed by atoms with Crippen LogP contribution in [0.5, 0.6) is 0 Å². The summed E-state index contributed by atoms with van der Waals surface area (Å²) in [5, 5.41) is 13.8. The van der Waals surface area contributed by atoms with Crippen LogP contribution in [0.25, 0.3) is 0 Å². The van der Waals surface area contributed by atoms with E-state index in [1.54, 1.807) is 0 Å². The van der Waals surface area contributed by atoms with Crippen LogP contribution in [0.4, 0.5) is 0 Å². The van der Waals surface area contributed by atoms with E-state index in [0.717, 1.165) is 42.4 Å². The van der Waals surface area contributed by atoms with Gasteiger partial charge in [0, 0.05) is 13.0 Å².